The van der Waals surface area contributed by atoms with Crippen LogP contribution in [0.1, 0.15) is 45.1 Å². The predicted molar refractivity (Wildman–Crippen MR) is 87.3 cm³/mol. The van der Waals surface area contributed by atoms with Crippen molar-refractivity contribution in [3.05, 3.63) is 34.9 Å². The quantitative estimate of drug-likeness (QED) is 0.863. The lowest BCUT2D eigenvalue weighted by Gasteiger charge is -2.45. The van der Waals surface area contributed by atoms with Crippen LogP contribution in [-0.4, -0.2) is 29.6 Å². The second-order valence-corrected chi connectivity index (χ2v) is 6.31. The Kier molecular flexibility index (Phi) is 5.48. The number of hydrogen-bond donors (Lipinski definition) is 1. The molecule has 0 aliphatic carbocycles. The molecule has 1 aromatic rings. The van der Waals surface area contributed by atoms with Crippen molar-refractivity contribution in [2.75, 3.05) is 13.1 Å². The predicted octanol–water partition coefficient (Wildman–Crippen LogP) is 3.86. The Labute approximate surface area is 128 Å². The van der Waals surface area contributed by atoms with Crippen molar-refractivity contribution < 1.29 is 0 Å². The van der Waals surface area contributed by atoms with Crippen LogP contribution in [-0.2, 0) is 6.42 Å². The van der Waals surface area contributed by atoms with Gasteiger partial charge in [-0.15, -0.1) is 0 Å². The molecule has 0 aromatic heterocycles. The summed E-state index contributed by atoms with van der Waals surface area (Å²) in [5.74, 6) is 0. The summed E-state index contributed by atoms with van der Waals surface area (Å²) in [6.45, 7) is 6.93. The van der Waals surface area contributed by atoms with Gasteiger partial charge in [0.25, 0.3) is 0 Å². The minimum absolute atomic E-state index is 0.121. The van der Waals surface area contributed by atoms with E-state index in [0.717, 1.165) is 24.3 Å². The average molecular weight is 295 g/mol. The Morgan fingerprint density at radius 3 is 2.35 bits per heavy atom. The molecule has 2 rings (SSSR count). The zero-order valence-electron chi connectivity index (χ0n) is 12.7. The number of benzene rings is 1. The van der Waals surface area contributed by atoms with E-state index in [2.05, 4.69) is 24.8 Å². The molecule has 0 bridgehead atoms. The molecule has 112 valence electrons. The lowest BCUT2D eigenvalue weighted by molar-refractivity contribution is 0.0768. The summed E-state index contributed by atoms with van der Waals surface area (Å²) in [6, 6.07) is 8.21. The Morgan fingerprint density at radius 2 is 1.80 bits per heavy atom. The normalized spacial score (nSPS) is 18.4. The molecule has 1 aromatic carbocycles. The molecular weight excluding hydrogens is 268 g/mol. The van der Waals surface area contributed by atoms with E-state index in [1.165, 1.54) is 31.5 Å². The van der Waals surface area contributed by atoms with Gasteiger partial charge in [0.15, 0.2) is 0 Å². The summed E-state index contributed by atoms with van der Waals surface area (Å²) in [6.07, 6.45) is 5.68. The second-order valence-electron chi connectivity index (χ2n) is 5.91. The van der Waals surface area contributed by atoms with E-state index < -0.39 is 0 Å². The minimum Gasteiger partial charge on any atom is -0.326 e. The number of halogens is 1. The van der Waals surface area contributed by atoms with Crippen LogP contribution in [0.5, 0.6) is 0 Å². The molecule has 1 fully saturated rings. The van der Waals surface area contributed by atoms with Crippen LogP contribution in [0.3, 0.4) is 0 Å². The van der Waals surface area contributed by atoms with Crippen LogP contribution in [0, 0.1) is 0 Å². The van der Waals surface area contributed by atoms with Crippen molar-refractivity contribution >= 4 is 11.6 Å². The molecule has 20 heavy (non-hydrogen) atoms. The lowest BCUT2D eigenvalue weighted by atomic mass is 9.80. The van der Waals surface area contributed by atoms with Crippen LogP contribution in [0.4, 0.5) is 0 Å². The van der Waals surface area contributed by atoms with E-state index in [1.807, 2.05) is 18.2 Å². The molecule has 1 atom stereocenters. The van der Waals surface area contributed by atoms with Gasteiger partial charge in [0.2, 0.25) is 0 Å². The first-order valence-electron chi connectivity index (χ1n) is 7.88. The summed E-state index contributed by atoms with van der Waals surface area (Å²) in [5, 5.41) is 0.838. The first-order valence-corrected chi connectivity index (χ1v) is 8.26. The van der Waals surface area contributed by atoms with Crippen molar-refractivity contribution in [2.24, 2.45) is 5.73 Å². The monoisotopic (exact) mass is 294 g/mol. The molecule has 1 unspecified atom stereocenters. The smallest absolute Gasteiger partial charge is 0.0438 e. The third kappa shape index (κ3) is 3.03. The van der Waals surface area contributed by atoms with Gasteiger partial charge in [-0.1, -0.05) is 43.6 Å². The van der Waals surface area contributed by atoms with E-state index in [0.29, 0.717) is 0 Å². The second kappa shape index (κ2) is 6.93. The summed E-state index contributed by atoms with van der Waals surface area (Å²) >= 11 is 6.30. The summed E-state index contributed by atoms with van der Waals surface area (Å²) in [7, 11) is 0. The molecule has 1 saturated heterocycles. The average Bonchev–Trinajstić information content (AvgIpc) is 2.98. The van der Waals surface area contributed by atoms with Crippen molar-refractivity contribution in [3.63, 3.8) is 0 Å². The number of nitrogens with zero attached hydrogens (tertiary/aromatic N) is 1. The van der Waals surface area contributed by atoms with E-state index in [4.69, 9.17) is 17.3 Å². The number of likely N-dealkylation sites (tertiary alicyclic amines) is 1. The zero-order valence-corrected chi connectivity index (χ0v) is 13.5. The number of rotatable bonds is 6. The van der Waals surface area contributed by atoms with Gasteiger partial charge in [0.1, 0.15) is 0 Å². The molecule has 3 heteroatoms. The summed E-state index contributed by atoms with van der Waals surface area (Å²) < 4.78 is 0. The first-order chi connectivity index (χ1) is 9.64. The molecule has 1 aliphatic heterocycles. The van der Waals surface area contributed by atoms with E-state index >= 15 is 0 Å². The maximum Gasteiger partial charge on any atom is 0.0438 e. The molecule has 0 saturated carbocycles. The van der Waals surface area contributed by atoms with Gasteiger partial charge in [0.05, 0.1) is 0 Å². The minimum atomic E-state index is 0.121. The van der Waals surface area contributed by atoms with Crippen LogP contribution in [0.2, 0.25) is 5.02 Å². The molecule has 2 nitrogen and oxygen atoms in total. The molecule has 2 N–H and O–H groups in total. The molecule has 1 aliphatic rings. The first kappa shape index (κ1) is 15.8. The Morgan fingerprint density at radius 1 is 1.20 bits per heavy atom. The third-order valence-electron chi connectivity index (χ3n) is 5.05. The van der Waals surface area contributed by atoms with E-state index in [1.54, 1.807) is 0 Å². The molecule has 0 amide bonds. The maximum absolute atomic E-state index is 6.65. The van der Waals surface area contributed by atoms with Crippen molar-refractivity contribution in [1.29, 1.82) is 0 Å². The van der Waals surface area contributed by atoms with Crippen LogP contribution in [0.25, 0.3) is 0 Å². The standard InChI is InChI=1S/C17H27ClN2/c1-3-17(4-2,20-11-7-8-12-20)16(19)13-14-9-5-6-10-15(14)18/h5-6,9-10,16H,3-4,7-8,11-13,19H2,1-2H3. The van der Waals surface area contributed by atoms with E-state index in [-0.39, 0.29) is 11.6 Å². The molecule has 0 spiro atoms. The third-order valence-corrected chi connectivity index (χ3v) is 5.42. The lowest BCUT2D eigenvalue weighted by Crippen LogP contribution is -2.59. The van der Waals surface area contributed by atoms with Crippen molar-refractivity contribution in [1.82, 2.24) is 4.90 Å². The van der Waals surface area contributed by atoms with Crippen LogP contribution in [0.15, 0.2) is 24.3 Å². The number of hydrogen-bond acceptors (Lipinski definition) is 2. The fourth-order valence-electron chi connectivity index (χ4n) is 3.71. The van der Waals surface area contributed by atoms with Crippen LogP contribution < -0.4 is 5.73 Å². The topological polar surface area (TPSA) is 29.3 Å². The fourth-order valence-corrected chi connectivity index (χ4v) is 3.92. The van der Waals surface area contributed by atoms with Crippen molar-refractivity contribution in [2.45, 2.75) is 57.5 Å². The summed E-state index contributed by atoms with van der Waals surface area (Å²) in [4.78, 5) is 2.62. The number of nitrogens with two attached hydrogens (primary N) is 1. The van der Waals surface area contributed by atoms with Gasteiger partial charge in [-0.25, -0.2) is 0 Å². The van der Waals surface area contributed by atoms with Crippen molar-refractivity contribution in [3.8, 4) is 0 Å². The van der Waals surface area contributed by atoms with Gasteiger partial charge in [-0.3, -0.25) is 4.90 Å². The Bertz CT molecular complexity index is 423. The Hall–Kier alpha value is -0.570. The van der Waals surface area contributed by atoms with Gasteiger partial charge in [-0.05, 0) is 56.8 Å². The van der Waals surface area contributed by atoms with Gasteiger partial charge >= 0.3 is 0 Å². The highest BCUT2D eigenvalue weighted by atomic mass is 35.5. The maximum atomic E-state index is 6.65. The van der Waals surface area contributed by atoms with Crippen LogP contribution >= 0.6 is 11.6 Å². The largest absolute Gasteiger partial charge is 0.326 e. The zero-order chi connectivity index (χ0) is 14.6. The SMILES string of the molecule is CCC(CC)(C(N)Cc1ccccc1Cl)N1CCCC1. The summed E-state index contributed by atoms with van der Waals surface area (Å²) in [5.41, 5.74) is 7.95. The van der Waals surface area contributed by atoms with E-state index in [9.17, 15) is 0 Å². The fraction of sp³-hybridized carbons (Fsp3) is 0.647. The highest BCUT2D eigenvalue weighted by Gasteiger charge is 2.40. The molecule has 1 heterocycles. The molecule has 0 radical (unpaired) electrons. The van der Waals surface area contributed by atoms with Gasteiger partial charge in [0, 0.05) is 16.6 Å². The Balaban J connectivity index is 2.18. The highest BCUT2D eigenvalue weighted by Crippen LogP contribution is 2.32. The van der Waals surface area contributed by atoms with Gasteiger partial charge in [-0.2, -0.15) is 0 Å². The van der Waals surface area contributed by atoms with Gasteiger partial charge < -0.3 is 5.73 Å². The molecular formula is C17H27ClN2. The highest BCUT2D eigenvalue weighted by molar-refractivity contribution is 6.31.